The first-order chi connectivity index (χ1) is 12.8. The van der Waals surface area contributed by atoms with Crippen LogP contribution in [0.5, 0.6) is 5.75 Å². The molecule has 0 aliphatic rings. The minimum atomic E-state index is -3.18. The van der Waals surface area contributed by atoms with Gasteiger partial charge in [0.05, 0.1) is 24.9 Å². The van der Waals surface area contributed by atoms with E-state index in [4.69, 9.17) is 4.74 Å². The van der Waals surface area contributed by atoms with Gasteiger partial charge in [0, 0.05) is 13.1 Å². The summed E-state index contributed by atoms with van der Waals surface area (Å²) in [5.41, 5.74) is 1.11. The Bertz CT molecular complexity index is 673. The topological polar surface area (TPSA) is 91.8 Å². The zero-order valence-corrected chi connectivity index (χ0v) is 17.9. The lowest BCUT2D eigenvalue weighted by Crippen LogP contribution is -2.39. The lowest BCUT2D eigenvalue weighted by Gasteiger charge is -2.19. The summed E-state index contributed by atoms with van der Waals surface area (Å²) in [5, 5.41) is 6.51. The van der Waals surface area contributed by atoms with Gasteiger partial charge in [-0.1, -0.05) is 26.0 Å². The molecule has 27 heavy (non-hydrogen) atoms. The van der Waals surface area contributed by atoms with E-state index in [1.54, 1.807) is 6.92 Å². The lowest BCUT2D eigenvalue weighted by molar-refractivity contribution is 0.271. The van der Waals surface area contributed by atoms with Crippen molar-refractivity contribution in [2.24, 2.45) is 10.9 Å². The zero-order chi connectivity index (χ0) is 20.3. The van der Waals surface area contributed by atoms with E-state index in [9.17, 15) is 8.42 Å². The van der Waals surface area contributed by atoms with E-state index < -0.39 is 10.0 Å². The number of nitrogens with one attached hydrogen (secondary N) is 3. The summed E-state index contributed by atoms with van der Waals surface area (Å²) in [6, 6.07) is 8.06. The molecule has 154 valence electrons. The number of ether oxygens (including phenoxy) is 1. The van der Waals surface area contributed by atoms with Crippen LogP contribution in [-0.4, -0.2) is 46.4 Å². The first-order valence-electron chi connectivity index (χ1n) is 9.52. The second kappa shape index (κ2) is 11.8. The van der Waals surface area contributed by atoms with Crippen molar-refractivity contribution >= 4 is 16.0 Å². The molecule has 1 unspecified atom stereocenters. The summed E-state index contributed by atoms with van der Waals surface area (Å²) in [6.07, 6.45) is 0. The summed E-state index contributed by atoms with van der Waals surface area (Å²) in [7, 11) is -3.18. The fourth-order valence-electron chi connectivity index (χ4n) is 2.19. The van der Waals surface area contributed by atoms with E-state index in [1.807, 2.05) is 31.2 Å². The van der Waals surface area contributed by atoms with Crippen LogP contribution in [0.2, 0.25) is 0 Å². The zero-order valence-electron chi connectivity index (χ0n) is 17.1. The third-order valence-electron chi connectivity index (χ3n) is 3.74. The molecular formula is C19H34N4O3S. The van der Waals surface area contributed by atoms with E-state index in [0.717, 1.165) is 17.9 Å². The Kier molecular flexibility index (Phi) is 10.2. The molecule has 0 saturated carbocycles. The van der Waals surface area contributed by atoms with Crippen LogP contribution in [0.4, 0.5) is 0 Å². The van der Waals surface area contributed by atoms with Gasteiger partial charge in [-0.25, -0.2) is 13.1 Å². The Balaban J connectivity index is 2.60. The summed E-state index contributed by atoms with van der Waals surface area (Å²) in [6.45, 7) is 12.0. The Morgan fingerprint density at radius 1 is 1.15 bits per heavy atom. The highest BCUT2D eigenvalue weighted by Crippen LogP contribution is 2.18. The van der Waals surface area contributed by atoms with Crippen LogP contribution in [0, 0.1) is 5.92 Å². The van der Waals surface area contributed by atoms with Gasteiger partial charge in [-0.2, -0.15) is 0 Å². The number of benzene rings is 1. The Hall–Kier alpha value is -1.80. The predicted octanol–water partition coefficient (Wildman–Crippen LogP) is 2.28. The minimum absolute atomic E-state index is 0.0503. The molecule has 0 aliphatic carbocycles. The SMILES string of the molecule is CCNC(=NCCNS(=O)(=O)CC)NC(C)c1ccc(OCC(C)C)cc1. The highest BCUT2D eigenvalue weighted by Gasteiger charge is 2.09. The van der Waals surface area contributed by atoms with Crippen LogP contribution in [0.25, 0.3) is 0 Å². The summed E-state index contributed by atoms with van der Waals surface area (Å²) in [4.78, 5) is 4.43. The summed E-state index contributed by atoms with van der Waals surface area (Å²) in [5.74, 6) is 2.08. The van der Waals surface area contributed by atoms with E-state index >= 15 is 0 Å². The fraction of sp³-hybridized carbons (Fsp3) is 0.632. The van der Waals surface area contributed by atoms with Crippen LogP contribution in [-0.2, 0) is 10.0 Å². The maximum absolute atomic E-state index is 11.4. The molecule has 8 heteroatoms. The van der Waals surface area contributed by atoms with Crippen LogP contribution >= 0.6 is 0 Å². The van der Waals surface area contributed by atoms with Gasteiger partial charge in [0.15, 0.2) is 5.96 Å². The highest BCUT2D eigenvalue weighted by atomic mass is 32.2. The van der Waals surface area contributed by atoms with Gasteiger partial charge in [0.25, 0.3) is 0 Å². The number of hydrogen-bond donors (Lipinski definition) is 3. The predicted molar refractivity (Wildman–Crippen MR) is 112 cm³/mol. The quantitative estimate of drug-likeness (QED) is 0.302. The van der Waals surface area contributed by atoms with Crippen molar-refractivity contribution in [2.75, 3.05) is 32.0 Å². The van der Waals surface area contributed by atoms with Crippen LogP contribution in [0.3, 0.4) is 0 Å². The minimum Gasteiger partial charge on any atom is -0.493 e. The van der Waals surface area contributed by atoms with E-state index in [1.165, 1.54) is 0 Å². The standard InChI is InChI=1S/C19H34N4O3S/c1-6-20-19(21-12-13-22-27(24,25)7-2)23-16(5)17-8-10-18(11-9-17)26-14-15(3)4/h8-11,15-16,22H,6-7,12-14H2,1-5H3,(H2,20,21,23). The molecule has 3 N–H and O–H groups in total. The van der Waals surface area contributed by atoms with Gasteiger partial charge >= 0.3 is 0 Å². The summed E-state index contributed by atoms with van der Waals surface area (Å²) >= 11 is 0. The largest absolute Gasteiger partial charge is 0.493 e. The molecule has 0 fully saturated rings. The number of aliphatic imine (C=N–C) groups is 1. The van der Waals surface area contributed by atoms with Gasteiger partial charge in [-0.3, -0.25) is 4.99 Å². The smallest absolute Gasteiger partial charge is 0.211 e. The molecule has 0 saturated heterocycles. The Morgan fingerprint density at radius 3 is 2.37 bits per heavy atom. The van der Waals surface area contributed by atoms with E-state index in [2.05, 4.69) is 41.1 Å². The maximum Gasteiger partial charge on any atom is 0.211 e. The molecule has 7 nitrogen and oxygen atoms in total. The van der Waals surface area contributed by atoms with Crippen molar-refractivity contribution in [3.05, 3.63) is 29.8 Å². The average molecular weight is 399 g/mol. The molecule has 1 atom stereocenters. The van der Waals surface area contributed by atoms with E-state index in [0.29, 0.717) is 25.0 Å². The van der Waals surface area contributed by atoms with E-state index in [-0.39, 0.29) is 18.3 Å². The number of rotatable bonds is 11. The molecule has 1 aromatic carbocycles. The monoisotopic (exact) mass is 398 g/mol. The van der Waals surface area contributed by atoms with Crippen molar-refractivity contribution < 1.29 is 13.2 Å². The molecule has 1 rings (SSSR count). The maximum atomic E-state index is 11.4. The van der Waals surface area contributed by atoms with Crippen molar-refractivity contribution in [1.82, 2.24) is 15.4 Å². The molecule has 0 heterocycles. The molecule has 0 radical (unpaired) electrons. The third kappa shape index (κ3) is 9.63. The van der Waals surface area contributed by atoms with Crippen molar-refractivity contribution in [2.45, 2.75) is 40.7 Å². The average Bonchev–Trinajstić information content (AvgIpc) is 2.64. The van der Waals surface area contributed by atoms with Crippen molar-refractivity contribution in [3.8, 4) is 5.75 Å². The molecule has 0 aromatic heterocycles. The second-order valence-corrected chi connectivity index (χ2v) is 8.79. The van der Waals surface area contributed by atoms with Gasteiger partial charge in [0.1, 0.15) is 5.75 Å². The van der Waals surface area contributed by atoms with Crippen LogP contribution < -0.4 is 20.1 Å². The highest BCUT2D eigenvalue weighted by molar-refractivity contribution is 7.89. The molecule has 0 spiro atoms. The van der Waals surface area contributed by atoms with Gasteiger partial charge in [0.2, 0.25) is 10.0 Å². The molecular weight excluding hydrogens is 364 g/mol. The molecule has 1 aromatic rings. The van der Waals surface area contributed by atoms with Gasteiger partial charge < -0.3 is 15.4 Å². The fourth-order valence-corrected chi connectivity index (χ4v) is 2.80. The van der Waals surface area contributed by atoms with Gasteiger partial charge in [-0.15, -0.1) is 0 Å². The number of nitrogens with zero attached hydrogens (tertiary/aromatic N) is 1. The first-order valence-corrected chi connectivity index (χ1v) is 11.2. The van der Waals surface area contributed by atoms with Crippen LogP contribution in [0.1, 0.15) is 46.2 Å². The number of sulfonamides is 1. The normalized spacial score (nSPS) is 13.5. The lowest BCUT2D eigenvalue weighted by atomic mass is 10.1. The Labute approximate surface area is 164 Å². The molecule has 0 amide bonds. The summed E-state index contributed by atoms with van der Waals surface area (Å²) < 4.78 is 31.1. The number of guanidine groups is 1. The molecule has 0 aliphatic heterocycles. The van der Waals surface area contributed by atoms with Crippen molar-refractivity contribution in [1.29, 1.82) is 0 Å². The second-order valence-electron chi connectivity index (χ2n) is 6.70. The molecule has 0 bridgehead atoms. The van der Waals surface area contributed by atoms with Gasteiger partial charge in [-0.05, 0) is 44.4 Å². The van der Waals surface area contributed by atoms with Crippen molar-refractivity contribution in [3.63, 3.8) is 0 Å². The third-order valence-corrected chi connectivity index (χ3v) is 5.15. The first kappa shape index (κ1) is 23.2. The Morgan fingerprint density at radius 2 is 1.81 bits per heavy atom. The van der Waals surface area contributed by atoms with Crippen LogP contribution in [0.15, 0.2) is 29.3 Å². The number of hydrogen-bond acceptors (Lipinski definition) is 4.